The average molecular weight is 277 g/mol. The molecule has 6 heteroatoms. The van der Waals surface area contributed by atoms with Gasteiger partial charge in [0.05, 0.1) is 11.1 Å². The van der Waals surface area contributed by atoms with Crippen LogP contribution in [0.25, 0.3) is 0 Å². The zero-order valence-corrected chi connectivity index (χ0v) is 10.9. The molecular weight excluding hydrogens is 263 g/mol. The summed E-state index contributed by atoms with van der Waals surface area (Å²) in [6.07, 6.45) is 0.699. The van der Waals surface area contributed by atoms with Crippen LogP contribution in [0.4, 0.5) is 0 Å². The topological polar surface area (TPSA) is 64.4 Å². The van der Waals surface area contributed by atoms with Gasteiger partial charge in [-0.15, -0.1) is 0 Å². The predicted molar refractivity (Wildman–Crippen MR) is 68.1 cm³/mol. The molecule has 1 aromatic rings. The van der Waals surface area contributed by atoms with E-state index in [2.05, 4.69) is 5.43 Å². The van der Waals surface area contributed by atoms with Crippen LogP contribution in [0.15, 0.2) is 18.2 Å². The first-order valence-electron chi connectivity index (χ1n) is 5.14. The molecule has 0 heterocycles. The van der Waals surface area contributed by atoms with Crippen molar-refractivity contribution in [2.45, 2.75) is 25.9 Å². The first-order valence-corrected chi connectivity index (χ1v) is 5.89. The van der Waals surface area contributed by atoms with Gasteiger partial charge < -0.3 is 4.74 Å². The van der Waals surface area contributed by atoms with E-state index in [1.165, 1.54) is 0 Å². The van der Waals surface area contributed by atoms with Crippen LogP contribution in [0.2, 0.25) is 10.0 Å². The van der Waals surface area contributed by atoms with E-state index in [4.69, 9.17) is 33.8 Å². The summed E-state index contributed by atoms with van der Waals surface area (Å²) >= 11 is 11.8. The second-order valence-electron chi connectivity index (χ2n) is 3.61. The molecule has 0 bridgehead atoms. The van der Waals surface area contributed by atoms with Gasteiger partial charge >= 0.3 is 0 Å². The second kappa shape index (κ2) is 6.69. The van der Waals surface area contributed by atoms with E-state index < -0.39 is 0 Å². The van der Waals surface area contributed by atoms with Crippen molar-refractivity contribution in [1.82, 2.24) is 5.43 Å². The highest BCUT2D eigenvalue weighted by Crippen LogP contribution is 2.28. The Morgan fingerprint density at radius 3 is 2.88 bits per heavy atom. The lowest BCUT2D eigenvalue weighted by Crippen LogP contribution is -2.30. The van der Waals surface area contributed by atoms with Crippen molar-refractivity contribution in [3.05, 3.63) is 28.2 Å². The largest absolute Gasteiger partial charge is 0.489 e. The lowest BCUT2D eigenvalue weighted by atomic mass is 10.2. The number of hydrazine groups is 1. The van der Waals surface area contributed by atoms with E-state index in [-0.39, 0.29) is 12.0 Å². The molecule has 0 aromatic heterocycles. The molecule has 1 unspecified atom stereocenters. The van der Waals surface area contributed by atoms with Crippen molar-refractivity contribution < 1.29 is 9.53 Å². The maximum absolute atomic E-state index is 11.0. The Bertz CT molecular complexity index is 399. The minimum atomic E-state index is -0.224. The minimum absolute atomic E-state index is 0.150. The van der Waals surface area contributed by atoms with Crippen LogP contribution in [-0.4, -0.2) is 12.0 Å². The fourth-order valence-corrected chi connectivity index (χ4v) is 1.57. The van der Waals surface area contributed by atoms with Crippen molar-refractivity contribution >= 4 is 29.1 Å². The monoisotopic (exact) mass is 276 g/mol. The molecular formula is C11H14Cl2N2O2. The zero-order chi connectivity index (χ0) is 12.8. The number of nitrogens with one attached hydrogen (secondary N) is 1. The summed E-state index contributed by atoms with van der Waals surface area (Å²) < 4.78 is 5.58. The quantitative estimate of drug-likeness (QED) is 0.494. The fraction of sp³-hybridized carbons (Fsp3) is 0.364. The SMILES string of the molecule is CC(CCC(=O)NN)Oc1cc(Cl)ccc1Cl. The Morgan fingerprint density at radius 1 is 1.53 bits per heavy atom. The average Bonchev–Trinajstić information content (AvgIpc) is 2.30. The van der Waals surface area contributed by atoms with E-state index in [9.17, 15) is 4.79 Å². The van der Waals surface area contributed by atoms with E-state index in [1.807, 2.05) is 6.92 Å². The summed E-state index contributed by atoms with van der Waals surface area (Å²) in [4.78, 5) is 11.0. The van der Waals surface area contributed by atoms with Crippen LogP contribution < -0.4 is 16.0 Å². The Hall–Kier alpha value is -0.970. The molecule has 4 nitrogen and oxygen atoms in total. The summed E-state index contributed by atoms with van der Waals surface area (Å²) in [6.45, 7) is 1.85. The standard InChI is InChI=1S/C11H14Cl2N2O2/c1-7(2-5-11(16)15-14)17-10-6-8(12)3-4-9(10)13/h3-4,6-7H,2,5,14H2,1H3,(H,15,16). The summed E-state index contributed by atoms with van der Waals surface area (Å²) in [7, 11) is 0. The molecule has 3 N–H and O–H groups in total. The maximum atomic E-state index is 11.0. The molecule has 0 aliphatic heterocycles. The number of nitrogens with two attached hydrogens (primary N) is 1. The highest BCUT2D eigenvalue weighted by molar-refractivity contribution is 6.34. The molecule has 0 aliphatic carbocycles. The third kappa shape index (κ3) is 4.81. The van der Waals surface area contributed by atoms with Crippen molar-refractivity contribution in [2.24, 2.45) is 5.84 Å². The lowest BCUT2D eigenvalue weighted by molar-refractivity contribution is -0.121. The summed E-state index contributed by atoms with van der Waals surface area (Å²) in [5.41, 5.74) is 2.06. The first kappa shape index (κ1) is 14.1. The molecule has 1 atom stereocenters. The number of ether oxygens (including phenoxy) is 1. The van der Waals surface area contributed by atoms with Gasteiger partial charge in [0.1, 0.15) is 5.75 Å². The Morgan fingerprint density at radius 2 is 2.24 bits per heavy atom. The number of benzene rings is 1. The predicted octanol–water partition coefficient (Wildman–Crippen LogP) is 2.53. The van der Waals surface area contributed by atoms with Gasteiger partial charge in [0.15, 0.2) is 0 Å². The van der Waals surface area contributed by atoms with Gasteiger partial charge in [0.2, 0.25) is 5.91 Å². The van der Waals surface area contributed by atoms with Gasteiger partial charge in [-0.05, 0) is 25.5 Å². The number of carbonyl (C=O) groups is 1. The van der Waals surface area contributed by atoms with E-state index in [0.29, 0.717) is 28.6 Å². The van der Waals surface area contributed by atoms with Gasteiger partial charge in [-0.1, -0.05) is 23.2 Å². The van der Waals surface area contributed by atoms with Crippen LogP contribution >= 0.6 is 23.2 Å². The van der Waals surface area contributed by atoms with Gasteiger partial charge in [-0.25, -0.2) is 5.84 Å². The van der Waals surface area contributed by atoms with Gasteiger partial charge in [-0.2, -0.15) is 0 Å². The van der Waals surface area contributed by atoms with Crippen molar-refractivity contribution in [3.63, 3.8) is 0 Å². The fourth-order valence-electron chi connectivity index (χ4n) is 1.25. The normalized spacial score (nSPS) is 12.0. The number of amides is 1. The molecule has 0 spiro atoms. The van der Waals surface area contributed by atoms with Crippen molar-refractivity contribution in [1.29, 1.82) is 0 Å². The van der Waals surface area contributed by atoms with Gasteiger partial charge in [0.25, 0.3) is 0 Å². The molecule has 0 fully saturated rings. The zero-order valence-electron chi connectivity index (χ0n) is 9.37. The lowest BCUT2D eigenvalue weighted by Gasteiger charge is -2.15. The molecule has 17 heavy (non-hydrogen) atoms. The molecule has 0 aliphatic rings. The molecule has 0 saturated heterocycles. The van der Waals surface area contributed by atoms with E-state index in [0.717, 1.165) is 0 Å². The summed E-state index contributed by atoms with van der Waals surface area (Å²) in [5.74, 6) is 5.27. The molecule has 1 rings (SSSR count). The molecule has 1 amide bonds. The summed E-state index contributed by atoms with van der Waals surface area (Å²) in [5, 5.41) is 1.04. The summed E-state index contributed by atoms with van der Waals surface area (Å²) in [6, 6.07) is 4.99. The van der Waals surface area contributed by atoms with Crippen molar-refractivity contribution in [3.8, 4) is 5.75 Å². The maximum Gasteiger partial charge on any atom is 0.234 e. The highest BCUT2D eigenvalue weighted by atomic mass is 35.5. The van der Waals surface area contributed by atoms with Crippen LogP contribution in [0.5, 0.6) is 5.75 Å². The Balaban J connectivity index is 2.52. The molecule has 0 saturated carbocycles. The number of rotatable bonds is 5. The van der Waals surface area contributed by atoms with Crippen LogP contribution in [0, 0.1) is 0 Å². The first-order chi connectivity index (χ1) is 8.02. The molecule has 1 aromatic carbocycles. The number of hydrogen-bond donors (Lipinski definition) is 2. The van der Waals surface area contributed by atoms with Gasteiger partial charge in [-0.3, -0.25) is 10.2 Å². The van der Waals surface area contributed by atoms with E-state index in [1.54, 1.807) is 18.2 Å². The van der Waals surface area contributed by atoms with Gasteiger partial charge in [0, 0.05) is 17.5 Å². The Kier molecular flexibility index (Phi) is 5.55. The molecule has 94 valence electrons. The van der Waals surface area contributed by atoms with Crippen molar-refractivity contribution in [2.75, 3.05) is 0 Å². The third-order valence-corrected chi connectivity index (χ3v) is 2.71. The third-order valence-electron chi connectivity index (χ3n) is 2.16. The number of hydrogen-bond acceptors (Lipinski definition) is 3. The molecule has 0 radical (unpaired) electrons. The number of carbonyl (C=O) groups excluding carboxylic acids is 1. The second-order valence-corrected chi connectivity index (χ2v) is 4.45. The van der Waals surface area contributed by atoms with E-state index >= 15 is 0 Å². The number of halogens is 2. The van der Waals surface area contributed by atoms with Crippen LogP contribution in [0.1, 0.15) is 19.8 Å². The highest BCUT2D eigenvalue weighted by Gasteiger charge is 2.10. The minimum Gasteiger partial charge on any atom is -0.489 e. The van der Waals surface area contributed by atoms with Crippen LogP contribution in [-0.2, 0) is 4.79 Å². The van der Waals surface area contributed by atoms with Crippen LogP contribution in [0.3, 0.4) is 0 Å². The Labute approximate surface area is 110 Å². The smallest absolute Gasteiger partial charge is 0.234 e.